The summed E-state index contributed by atoms with van der Waals surface area (Å²) < 4.78 is 5.03. The molecule has 2 aromatic rings. The smallest absolute Gasteiger partial charge is 0.313 e. The Morgan fingerprint density at radius 3 is 3.00 bits per heavy atom. The van der Waals surface area contributed by atoms with Gasteiger partial charge in [-0.25, -0.2) is 9.97 Å². The molecule has 6 heteroatoms. The maximum absolute atomic E-state index is 10.8. The van der Waals surface area contributed by atoms with E-state index in [0.717, 1.165) is 4.83 Å². The summed E-state index contributed by atoms with van der Waals surface area (Å²) in [6, 6.07) is 1.75. The SMILES string of the molecule is COc1cnc2sc(C(C)C(=O)O)nc2c1. The Bertz CT molecular complexity index is 538. The Morgan fingerprint density at radius 2 is 2.38 bits per heavy atom. The average molecular weight is 238 g/mol. The third-order valence-electron chi connectivity index (χ3n) is 2.22. The first-order chi connectivity index (χ1) is 7.61. The van der Waals surface area contributed by atoms with E-state index in [0.29, 0.717) is 16.3 Å². The third kappa shape index (κ3) is 1.83. The summed E-state index contributed by atoms with van der Waals surface area (Å²) >= 11 is 1.29. The molecule has 16 heavy (non-hydrogen) atoms. The number of ether oxygens (including phenoxy) is 1. The topological polar surface area (TPSA) is 72.3 Å². The molecule has 84 valence electrons. The summed E-state index contributed by atoms with van der Waals surface area (Å²) in [7, 11) is 1.55. The van der Waals surface area contributed by atoms with E-state index in [2.05, 4.69) is 9.97 Å². The molecule has 0 bridgehead atoms. The lowest BCUT2D eigenvalue weighted by Gasteiger charge is -1.98. The standard InChI is InChI=1S/C10H10N2O3S/c1-5(10(13)14)8-12-7-3-6(15-2)4-11-9(7)16-8/h3-5H,1-2H3,(H,13,14). The van der Waals surface area contributed by atoms with Gasteiger partial charge in [0, 0.05) is 6.07 Å². The van der Waals surface area contributed by atoms with Gasteiger partial charge in [-0.2, -0.15) is 0 Å². The van der Waals surface area contributed by atoms with Crippen molar-refractivity contribution in [3.8, 4) is 5.75 Å². The number of hydrogen-bond donors (Lipinski definition) is 1. The molecule has 5 nitrogen and oxygen atoms in total. The van der Waals surface area contributed by atoms with Crippen molar-refractivity contribution in [2.24, 2.45) is 0 Å². The van der Waals surface area contributed by atoms with Gasteiger partial charge in [-0.15, -0.1) is 0 Å². The van der Waals surface area contributed by atoms with E-state index in [9.17, 15) is 4.79 Å². The third-order valence-corrected chi connectivity index (χ3v) is 3.38. The van der Waals surface area contributed by atoms with Crippen molar-refractivity contribution in [1.29, 1.82) is 0 Å². The molecule has 0 saturated carbocycles. The molecule has 0 aromatic carbocycles. The highest BCUT2D eigenvalue weighted by Gasteiger charge is 2.18. The second kappa shape index (κ2) is 4.05. The van der Waals surface area contributed by atoms with Crippen LogP contribution < -0.4 is 4.74 Å². The van der Waals surface area contributed by atoms with Crippen LogP contribution in [0.3, 0.4) is 0 Å². The number of methoxy groups -OCH3 is 1. The number of carboxylic acid groups (broad SMARTS) is 1. The Balaban J connectivity index is 2.47. The maximum Gasteiger partial charge on any atom is 0.313 e. The molecule has 0 fully saturated rings. The minimum absolute atomic E-state index is 0.559. The summed E-state index contributed by atoms with van der Waals surface area (Å²) in [6.45, 7) is 1.61. The molecule has 0 amide bonds. The highest BCUT2D eigenvalue weighted by atomic mass is 32.1. The number of fused-ring (bicyclic) bond motifs is 1. The van der Waals surface area contributed by atoms with Crippen LogP contribution in [0.15, 0.2) is 12.3 Å². The largest absolute Gasteiger partial charge is 0.495 e. The van der Waals surface area contributed by atoms with E-state index < -0.39 is 11.9 Å². The normalized spacial score (nSPS) is 12.6. The minimum atomic E-state index is -0.883. The molecule has 2 heterocycles. The fourth-order valence-electron chi connectivity index (χ4n) is 1.22. The molecule has 1 N–H and O–H groups in total. The molecule has 2 rings (SSSR count). The monoisotopic (exact) mass is 238 g/mol. The summed E-state index contributed by atoms with van der Waals surface area (Å²) in [5.74, 6) is -0.872. The van der Waals surface area contributed by atoms with Crippen molar-refractivity contribution >= 4 is 27.7 Å². The maximum atomic E-state index is 10.8. The number of carbonyl (C=O) groups is 1. The first-order valence-electron chi connectivity index (χ1n) is 4.65. The van der Waals surface area contributed by atoms with E-state index in [4.69, 9.17) is 9.84 Å². The molecule has 0 saturated heterocycles. The molecular formula is C10H10N2O3S. The van der Waals surface area contributed by atoms with E-state index in [1.54, 1.807) is 26.3 Å². The lowest BCUT2D eigenvalue weighted by atomic mass is 10.2. The number of pyridine rings is 1. The van der Waals surface area contributed by atoms with Crippen LogP contribution in [0.1, 0.15) is 17.8 Å². The molecule has 0 aliphatic heterocycles. The Kier molecular flexibility index (Phi) is 2.74. The van der Waals surface area contributed by atoms with Crippen LogP contribution in [0.5, 0.6) is 5.75 Å². The fourth-order valence-corrected chi connectivity index (χ4v) is 2.16. The van der Waals surface area contributed by atoms with Crippen molar-refractivity contribution in [2.75, 3.05) is 7.11 Å². The van der Waals surface area contributed by atoms with E-state index in [1.807, 2.05) is 0 Å². The average Bonchev–Trinajstić information content (AvgIpc) is 2.69. The first kappa shape index (κ1) is 10.8. The lowest BCUT2D eigenvalue weighted by Crippen LogP contribution is -2.06. The van der Waals surface area contributed by atoms with Crippen molar-refractivity contribution in [1.82, 2.24) is 9.97 Å². The quantitative estimate of drug-likeness (QED) is 0.884. The Hall–Kier alpha value is -1.69. The number of aromatic nitrogens is 2. The van der Waals surface area contributed by atoms with Gasteiger partial charge in [-0.05, 0) is 6.92 Å². The van der Waals surface area contributed by atoms with Gasteiger partial charge in [0.15, 0.2) is 0 Å². The van der Waals surface area contributed by atoms with E-state index in [-0.39, 0.29) is 0 Å². The molecule has 2 aromatic heterocycles. The number of nitrogens with zero attached hydrogens (tertiary/aromatic N) is 2. The zero-order valence-corrected chi connectivity index (χ0v) is 9.61. The predicted octanol–water partition coefficient (Wildman–Crippen LogP) is 1.89. The predicted molar refractivity (Wildman–Crippen MR) is 60.0 cm³/mol. The van der Waals surface area contributed by atoms with E-state index in [1.165, 1.54) is 11.3 Å². The van der Waals surface area contributed by atoms with Gasteiger partial charge in [-0.1, -0.05) is 11.3 Å². The van der Waals surface area contributed by atoms with Gasteiger partial charge in [0.2, 0.25) is 0 Å². The highest BCUT2D eigenvalue weighted by Crippen LogP contribution is 2.28. The van der Waals surface area contributed by atoms with Crippen LogP contribution in [0, 0.1) is 0 Å². The Morgan fingerprint density at radius 1 is 1.62 bits per heavy atom. The molecular weight excluding hydrogens is 228 g/mol. The first-order valence-corrected chi connectivity index (χ1v) is 5.46. The molecule has 1 atom stereocenters. The van der Waals surface area contributed by atoms with Crippen molar-refractivity contribution in [2.45, 2.75) is 12.8 Å². The van der Waals surface area contributed by atoms with E-state index >= 15 is 0 Å². The lowest BCUT2D eigenvalue weighted by molar-refractivity contribution is -0.138. The molecule has 0 spiro atoms. The van der Waals surface area contributed by atoms with Gasteiger partial charge in [-0.3, -0.25) is 4.79 Å². The van der Waals surface area contributed by atoms with Gasteiger partial charge in [0.25, 0.3) is 0 Å². The molecule has 0 aliphatic carbocycles. The second-order valence-corrected chi connectivity index (χ2v) is 4.32. The molecule has 0 radical (unpaired) electrons. The number of thiazole rings is 1. The highest BCUT2D eigenvalue weighted by molar-refractivity contribution is 7.18. The van der Waals surface area contributed by atoms with Crippen LogP contribution in [0.4, 0.5) is 0 Å². The molecule has 0 aliphatic rings. The van der Waals surface area contributed by atoms with Gasteiger partial charge in [0.05, 0.1) is 13.3 Å². The van der Waals surface area contributed by atoms with Gasteiger partial charge in [0.1, 0.15) is 27.0 Å². The Labute approximate surface area is 95.7 Å². The van der Waals surface area contributed by atoms with Crippen LogP contribution in [0.25, 0.3) is 10.3 Å². The minimum Gasteiger partial charge on any atom is -0.495 e. The summed E-state index contributed by atoms with van der Waals surface area (Å²) in [5.41, 5.74) is 0.674. The second-order valence-electron chi connectivity index (χ2n) is 3.31. The van der Waals surface area contributed by atoms with Crippen LogP contribution in [-0.4, -0.2) is 28.2 Å². The number of hydrogen-bond acceptors (Lipinski definition) is 5. The van der Waals surface area contributed by atoms with Gasteiger partial charge < -0.3 is 9.84 Å². The number of carboxylic acids is 1. The van der Waals surface area contributed by atoms with Crippen LogP contribution >= 0.6 is 11.3 Å². The number of aliphatic carboxylic acids is 1. The van der Waals surface area contributed by atoms with Crippen molar-refractivity contribution < 1.29 is 14.6 Å². The van der Waals surface area contributed by atoms with Crippen molar-refractivity contribution in [3.05, 3.63) is 17.3 Å². The number of rotatable bonds is 3. The van der Waals surface area contributed by atoms with Crippen LogP contribution in [-0.2, 0) is 4.79 Å². The molecule has 1 unspecified atom stereocenters. The zero-order valence-electron chi connectivity index (χ0n) is 8.80. The summed E-state index contributed by atoms with van der Waals surface area (Å²) in [5, 5.41) is 9.44. The summed E-state index contributed by atoms with van der Waals surface area (Å²) in [4.78, 5) is 19.9. The fraction of sp³-hybridized carbons (Fsp3) is 0.300. The van der Waals surface area contributed by atoms with Crippen LogP contribution in [0.2, 0.25) is 0 Å². The zero-order chi connectivity index (χ0) is 11.7. The van der Waals surface area contributed by atoms with Crippen molar-refractivity contribution in [3.63, 3.8) is 0 Å². The van der Waals surface area contributed by atoms with Gasteiger partial charge >= 0.3 is 5.97 Å². The summed E-state index contributed by atoms with van der Waals surface area (Å²) in [6.07, 6.45) is 1.59.